The molecule has 1 aliphatic heterocycles. The van der Waals surface area contributed by atoms with Gasteiger partial charge in [0, 0.05) is 6.54 Å². The first-order chi connectivity index (χ1) is 13.9. The summed E-state index contributed by atoms with van der Waals surface area (Å²) in [7, 11) is 0. The quantitative estimate of drug-likeness (QED) is 0.521. The average molecular weight is 398 g/mol. The third-order valence-corrected chi connectivity index (χ3v) is 5.80. The first-order valence-electron chi connectivity index (χ1n) is 10.6. The number of benzene rings is 1. The first-order valence-corrected chi connectivity index (χ1v) is 10.6. The fraction of sp³-hybridized carbons (Fsp3) is 0.522. The summed E-state index contributed by atoms with van der Waals surface area (Å²) in [4.78, 5) is 38.7. The SMILES string of the molecule is CCCc1ccc([C@@]2(C)NC(=O)N(CC(=O)NCCC3=CCCCC3)C2=O)cc1. The molecule has 1 aromatic carbocycles. The number of urea groups is 1. The summed E-state index contributed by atoms with van der Waals surface area (Å²) in [6, 6.07) is 7.20. The zero-order valence-corrected chi connectivity index (χ0v) is 17.4. The van der Waals surface area contributed by atoms with Gasteiger partial charge in [-0.25, -0.2) is 4.79 Å². The van der Waals surface area contributed by atoms with Gasteiger partial charge in [0.05, 0.1) is 0 Å². The molecule has 1 aliphatic carbocycles. The molecule has 0 aromatic heterocycles. The minimum absolute atomic E-state index is 0.257. The Kier molecular flexibility index (Phi) is 6.72. The van der Waals surface area contributed by atoms with E-state index in [0.717, 1.165) is 42.6 Å². The van der Waals surface area contributed by atoms with Gasteiger partial charge in [0.15, 0.2) is 0 Å². The van der Waals surface area contributed by atoms with E-state index in [2.05, 4.69) is 23.6 Å². The Labute approximate surface area is 172 Å². The van der Waals surface area contributed by atoms with Crippen molar-refractivity contribution in [2.24, 2.45) is 0 Å². The van der Waals surface area contributed by atoms with Crippen LogP contribution in [0.1, 0.15) is 63.5 Å². The molecule has 1 aromatic rings. The van der Waals surface area contributed by atoms with Gasteiger partial charge in [-0.3, -0.25) is 14.5 Å². The number of nitrogens with zero attached hydrogens (tertiary/aromatic N) is 1. The molecule has 1 fully saturated rings. The fourth-order valence-corrected chi connectivity index (χ4v) is 4.02. The highest BCUT2D eigenvalue weighted by molar-refractivity contribution is 6.09. The van der Waals surface area contributed by atoms with Crippen LogP contribution < -0.4 is 10.6 Å². The standard InChI is InChI=1S/C23H31N3O3/c1-3-7-17-10-12-19(13-11-17)23(2)21(28)26(22(29)25-23)16-20(27)24-15-14-18-8-5-4-6-9-18/h8,10-13H,3-7,9,14-16H2,1-2H3,(H,24,27)(H,25,29)/t23-/m1/s1. The van der Waals surface area contributed by atoms with Crippen LogP contribution in [0.4, 0.5) is 4.79 Å². The maximum atomic E-state index is 13.0. The maximum Gasteiger partial charge on any atom is 0.325 e. The molecule has 2 aliphatic rings. The lowest BCUT2D eigenvalue weighted by Crippen LogP contribution is -2.43. The summed E-state index contributed by atoms with van der Waals surface area (Å²) in [6.07, 6.45) is 9.76. The molecule has 1 atom stereocenters. The van der Waals surface area contributed by atoms with Crippen LogP contribution in [0.3, 0.4) is 0 Å². The Hall–Kier alpha value is -2.63. The lowest BCUT2D eigenvalue weighted by molar-refractivity contribution is -0.134. The van der Waals surface area contributed by atoms with Crippen molar-refractivity contribution in [3.8, 4) is 0 Å². The number of rotatable bonds is 8. The van der Waals surface area contributed by atoms with E-state index in [9.17, 15) is 14.4 Å². The second-order valence-corrected chi connectivity index (χ2v) is 8.10. The number of imide groups is 1. The first kappa shape index (κ1) is 21.1. The third-order valence-electron chi connectivity index (χ3n) is 5.80. The van der Waals surface area contributed by atoms with Crippen molar-refractivity contribution in [3.63, 3.8) is 0 Å². The minimum Gasteiger partial charge on any atom is -0.354 e. The summed E-state index contributed by atoms with van der Waals surface area (Å²) in [6.45, 7) is 4.08. The molecule has 0 spiro atoms. The molecule has 0 radical (unpaired) electrons. The van der Waals surface area contributed by atoms with Gasteiger partial charge < -0.3 is 10.6 Å². The van der Waals surface area contributed by atoms with Crippen molar-refractivity contribution < 1.29 is 14.4 Å². The van der Waals surface area contributed by atoms with Crippen molar-refractivity contribution in [1.29, 1.82) is 0 Å². The van der Waals surface area contributed by atoms with Crippen LogP contribution in [0, 0.1) is 0 Å². The monoisotopic (exact) mass is 397 g/mol. The Balaban J connectivity index is 1.57. The van der Waals surface area contributed by atoms with Crippen molar-refractivity contribution in [2.45, 2.75) is 64.3 Å². The minimum atomic E-state index is -1.14. The van der Waals surface area contributed by atoms with Crippen molar-refractivity contribution in [2.75, 3.05) is 13.1 Å². The molecule has 6 nitrogen and oxygen atoms in total. The number of hydrogen-bond acceptors (Lipinski definition) is 3. The molecule has 29 heavy (non-hydrogen) atoms. The number of aryl methyl sites for hydroxylation is 1. The smallest absolute Gasteiger partial charge is 0.325 e. The molecule has 2 N–H and O–H groups in total. The van der Waals surface area contributed by atoms with Gasteiger partial charge in [-0.15, -0.1) is 0 Å². The fourth-order valence-electron chi connectivity index (χ4n) is 4.02. The normalized spacial score (nSPS) is 21.7. The number of carbonyl (C=O) groups is 3. The number of nitrogens with one attached hydrogen (secondary N) is 2. The highest BCUT2D eigenvalue weighted by atomic mass is 16.2. The van der Waals surface area contributed by atoms with Gasteiger partial charge in [-0.1, -0.05) is 49.3 Å². The van der Waals surface area contributed by atoms with Gasteiger partial charge in [0.25, 0.3) is 5.91 Å². The van der Waals surface area contributed by atoms with Crippen LogP contribution in [-0.2, 0) is 21.5 Å². The second-order valence-electron chi connectivity index (χ2n) is 8.10. The van der Waals surface area contributed by atoms with Crippen LogP contribution in [-0.4, -0.2) is 35.8 Å². The Morgan fingerprint density at radius 1 is 1.17 bits per heavy atom. The molecule has 1 saturated heterocycles. The summed E-state index contributed by atoms with van der Waals surface area (Å²) in [5, 5.41) is 5.59. The largest absolute Gasteiger partial charge is 0.354 e. The summed E-state index contributed by atoms with van der Waals surface area (Å²) >= 11 is 0. The van der Waals surface area contributed by atoms with E-state index in [1.54, 1.807) is 6.92 Å². The van der Waals surface area contributed by atoms with E-state index < -0.39 is 17.5 Å². The lowest BCUT2D eigenvalue weighted by Gasteiger charge is -2.22. The highest BCUT2D eigenvalue weighted by Gasteiger charge is 2.49. The highest BCUT2D eigenvalue weighted by Crippen LogP contribution is 2.29. The molecule has 156 valence electrons. The van der Waals surface area contributed by atoms with Gasteiger partial charge in [-0.2, -0.15) is 0 Å². The second kappa shape index (κ2) is 9.25. The topological polar surface area (TPSA) is 78.5 Å². The average Bonchev–Trinajstić information content (AvgIpc) is 2.93. The van der Waals surface area contributed by atoms with Crippen molar-refractivity contribution >= 4 is 17.8 Å². The Bertz CT molecular complexity index is 800. The predicted molar refractivity (Wildman–Crippen MR) is 112 cm³/mol. The van der Waals surface area contributed by atoms with Crippen LogP contribution in [0.5, 0.6) is 0 Å². The van der Waals surface area contributed by atoms with Gasteiger partial charge in [0.1, 0.15) is 12.1 Å². The zero-order valence-electron chi connectivity index (χ0n) is 17.4. The molecular formula is C23H31N3O3. The van der Waals surface area contributed by atoms with E-state index in [1.807, 2.05) is 24.3 Å². The molecule has 1 heterocycles. The van der Waals surface area contributed by atoms with Gasteiger partial charge >= 0.3 is 6.03 Å². The molecule has 0 unspecified atom stereocenters. The Morgan fingerprint density at radius 2 is 1.93 bits per heavy atom. The zero-order chi connectivity index (χ0) is 20.9. The molecule has 0 bridgehead atoms. The van der Waals surface area contributed by atoms with E-state index >= 15 is 0 Å². The van der Waals surface area contributed by atoms with Gasteiger partial charge in [0.2, 0.25) is 5.91 Å². The van der Waals surface area contributed by atoms with Crippen molar-refractivity contribution in [1.82, 2.24) is 15.5 Å². The number of allylic oxidation sites excluding steroid dienone is 1. The molecule has 6 heteroatoms. The van der Waals surface area contributed by atoms with E-state index in [-0.39, 0.29) is 12.5 Å². The van der Waals surface area contributed by atoms with Crippen molar-refractivity contribution in [3.05, 3.63) is 47.0 Å². The van der Waals surface area contributed by atoms with Crippen LogP contribution >= 0.6 is 0 Å². The molecule has 0 saturated carbocycles. The molecular weight excluding hydrogens is 366 g/mol. The van der Waals surface area contributed by atoms with E-state index in [1.165, 1.54) is 24.0 Å². The third kappa shape index (κ3) is 4.86. The Morgan fingerprint density at radius 3 is 2.59 bits per heavy atom. The predicted octanol–water partition coefficient (Wildman–Crippen LogP) is 3.41. The summed E-state index contributed by atoms with van der Waals surface area (Å²) in [5.41, 5.74) is 2.16. The number of amides is 4. The summed E-state index contributed by atoms with van der Waals surface area (Å²) < 4.78 is 0. The number of hydrogen-bond donors (Lipinski definition) is 2. The number of carbonyl (C=O) groups excluding carboxylic acids is 3. The van der Waals surface area contributed by atoms with Crippen LogP contribution in [0.15, 0.2) is 35.9 Å². The van der Waals surface area contributed by atoms with E-state index in [0.29, 0.717) is 6.54 Å². The van der Waals surface area contributed by atoms with Crippen LogP contribution in [0.2, 0.25) is 0 Å². The van der Waals surface area contributed by atoms with Gasteiger partial charge in [-0.05, 0) is 56.6 Å². The molecule has 4 amide bonds. The lowest BCUT2D eigenvalue weighted by atomic mass is 9.91. The summed E-state index contributed by atoms with van der Waals surface area (Å²) in [5.74, 6) is -0.705. The van der Waals surface area contributed by atoms with Crippen LogP contribution in [0.25, 0.3) is 0 Å². The molecule has 3 rings (SSSR count). The maximum absolute atomic E-state index is 13.0. The van der Waals surface area contributed by atoms with E-state index in [4.69, 9.17) is 0 Å².